The molecule has 0 radical (unpaired) electrons. The van der Waals surface area contributed by atoms with Crippen LogP contribution in [-0.2, 0) is 14.3 Å². The average molecular weight is 392 g/mol. The molecule has 0 spiro atoms. The third-order valence-corrected chi connectivity index (χ3v) is 5.37. The van der Waals surface area contributed by atoms with E-state index in [1.54, 1.807) is 17.9 Å². The molecule has 3 heterocycles. The van der Waals surface area contributed by atoms with Crippen LogP contribution in [0.5, 0.6) is 0 Å². The lowest BCUT2D eigenvalue weighted by atomic mass is 10.1. The van der Waals surface area contributed by atoms with Gasteiger partial charge in [-0.15, -0.1) is 0 Å². The number of furan rings is 1. The van der Waals surface area contributed by atoms with Gasteiger partial charge in [0.1, 0.15) is 11.5 Å². The predicted molar refractivity (Wildman–Crippen MR) is 104 cm³/mol. The van der Waals surface area contributed by atoms with Gasteiger partial charge in [0.15, 0.2) is 0 Å². The van der Waals surface area contributed by atoms with Crippen LogP contribution in [0.4, 0.5) is 0 Å². The Hall–Kier alpha value is -1.86. The first-order chi connectivity index (χ1) is 13.3. The minimum Gasteiger partial charge on any atom is -0.466 e. The van der Waals surface area contributed by atoms with Gasteiger partial charge in [-0.2, -0.15) is 0 Å². The number of carbonyl (C=O) groups is 2. The van der Waals surface area contributed by atoms with Crippen molar-refractivity contribution < 1.29 is 23.5 Å². The Morgan fingerprint density at radius 2 is 1.93 bits per heavy atom. The zero-order valence-electron chi connectivity index (χ0n) is 17.4. The van der Waals surface area contributed by atoms with E-state index in [0.29, 0.717) is 49.7 Å². The number of nitrogens with zero attached hydrogens (tertiary/aromatic N) is 2. The zero-order valence-corrected chi connectivity index (χ0v) is 17.4. The van der Waals surface area contributed by atoms with Gasteiger partial charge in [-0.25, -0.2) is 0 Å². The van der Waals surface area contributed by atoms with E-state index in [2.05, 4.69) is 0 Å². The van der Waals surface area contributed by atoms with Crippen LogP contribution in [0.1, 0.15) is 55.0 Å². The van der Waals surface area contributed by atoms with Crippen molar-refractivity contribution in [1.29, 1.82) is 0 Å². The maximum atomic E-state index is 13.1. The van der Waals surface area contributed by atoms with E-state index in [1.807, 2.05) is 25.7 Å². The Kier molecular flexibility index (Phi) is 6.78. The van der Waals surface area contributed by atoms with E-state index in [-0.39, 0.29) is 30.1 Å². The highest BCUT2D eigenvalue weighted by molar-refractivity contribution is 5.95. The highest BCUT2D eigenvalue weighted by Gasteiger charge is 2.29. The number of rotatable bonds is 6. The third-order valence-electron chi connectivity index (χ3n) is 5.37. The van der Waals surface area contributed by atoms with E-state index >= 15 is 0 Å². The third kappa shape index (κ3) is 5.14. The van der Waals surface area contributed by atoms with Crippen LogP contribution in [-0.4, -0.2) is 72.7 Å². The Labute approximate surface area is 166 Å². The molecule has 2 fully saturated rings. The fraction of sp³-hybridized carbons (Fsp3) is 0.714. The summed E-state index contributed by atoms with van der Waals surface area (Å²) in [5.74, 6) is 1.29. The first kappa shape index (κ1) is 20.9. The van der Waals surface area contributed by atoms with Crippen LogP contribution < -0.4 is 0 Å². The number of carbonyl (C=O) groups excluding carboxylic acids is 2. The summed E-state index contributed by atoms with van der Waals surface area (Å²) >= 11 is 0. The summed E-state index contributed by atoms with van der Waals surface area (Å²) in [6, 6.07) is 1.77. The van der Waals surface area contributed by atoms with Crippen molar-refractivity contribution in [2.24, 2.45) is 0 Å². The number of ether oxygens (including phenoxy) is 2. The lowest BCUT2D eigenvalue weighted by Crippen LogP contribution is -2.49. The molecule has 0 saturated carbocycles. The van der Waals surface area contributed by atoms with Gasteiger partial charge in [0, 0.05) is 39.2 Å². The van der Waals surface area contributed by atoms with Crippen LogP contribution in [0.15, 0.2) is 10.5 Å². The van der Waals surface area contributed by atoms with Gasteiger partial charge in [-0.1, -0.05) is 0 Å². The van der Waals surface area contributed by atoms with Crippen molar-refractivity contribution in [3.8, 4) is 0 Å². The molecule has 156 valence electrons. The monoisotopic (exact) mass is 392 g/mol. The topological polar surface area (TPSA) is 72.2 Å². The molecule has 28 heavy (non-hydrogen) atoms. The van der Waals surface area contributed by atoms with Gasteiger partial charge in [0.05, 0.1) is 23.9 Å². The van der Waals surface area contributed by atoms with E-state index in [4.69, 9.17) is 13.9 Å². The average Bonchev–Trinajstić information content (AvgIpc) is 3.25. The molecule has 0 N–H and O–H groups in total. The Morgan fingerprint density at radius 1 is 1.21 bits per heavy atom. The molecule has 0 unspecified atom stereocenters. The Morgan fingerprint density at radius 3 is 2.50 bits per heavy atom. The molecule has 3 rings (SSSR count). The molecule has 3 atom stereocenters. The molecule has 0 aromatic carbocycles. The maximum Gasteiger partial charge on any atom is 0.257 e. The lowest BCUT2D eigenvalue weighted by Gasteiger charge is -2.36. The number of aryl methyl sites for hydroxylation is 2. The minimum atomic E-state index is -0.0960. The number of hydrogen-bond acceptors (Lipinski definition) is 5. The SMILES string of the molecule is Cc1cc(C(=O)N(CCC(=O)N2C[C@@H](C)O[C@@H](C)C2)C[C@@H]2CCCO2)c(C)o1. The van der Waals surface area contributed by atoms with E-state index in [0.717, 1.165) is 19.4 Å². The van der Waals surface area contributed by atoms with Crippen LogP contribution in [0.3, 0.4) is 0 Å². The highest BCUT2D eigenvalue weighted by Crippen LogP contribution is 2.20. The zero-order chi connectivity index (χ0) is 20.3. The molecule has 7 heteroatoms. The molecule has 7 nitrogen and oxygen atoms in total. The maximum absolute atomic E-state index is 13.1. The molecule has 2 saturated heterocycles. The summed E-state index contributed by atoms with van der Waals surface area (Å²) in [6.07, 6.45) is 2.37. The van der Waals surface area contributed by atoms with Crippen molar-refractivity contribution in [3.05, 3.63) is 23.2 Å². The van der Waals surface area contributed by atoms with Crippen molar-refractivity contribution in [1.82, 2.24) is 9.80 Å². The van der Waals surface area contributed by atoms with E-state index in [9.17, 15) is 9.59 Å². The smallest absolute Gasteiger partial charge is 0.257 e. The molecule has 0 bridgehead atoms. The molecule has 2 amide bonds. The second kappa shape index (κ2) is 9.09. The normalized spacial score (nSPS) is 25.1. The number of morpholine rings is 1. The van der Waals surface area contributed by atoms with Gasteiger partial charge in [-0.3, -0.25) is 9.59 Å². The Bertz CT molecular complexity index is 685. The van der Waals surface area contributed by atoms with Gasteiger partial charge in [-0.05, 0) is 46.6 Å². The second-order valence-corrected chi connectivity index (χ2v) is 8.02. The van der Waals surface area contributed by atoms with Crippen LogP contribution in [0.25, 0.3) is 0 Å². The first-order valence-corrected chi connectivity index (χ1v) is 10.2. The number of amides is 2. The van der Waals surface area contributed by atoms with Crippen LogP contribution in [0.2, 0.25) is 0 Å². The summed E-state index contributed by atoms with van der Waals surface area (Å²) in [5.41, 5.74) is 0.566. The highest BCUT2D eigenvalue weighted by atomic mass is 16.5. The van der Waals surface area contributed by atoms with Gasteiger partial charge in [0.2, 0.25) is 5.91 Å². The summed E-state index contributed by atoms with van der Waals surface area (Å²) in [4.78, 5) is 29.5. The van der Waals surface area contributed by atoms with Crippen molar-refractivity contribution >= 4 is 11.8 Å². The molecule has 2 aliphatic heterocycles. The molecule has 1 aromatic rings. The fourth-order valence-electron chi connectivity index (χ4n) is 4.09. The van der Waals surface area contributed by atoms with Gasteiger partial charge < -0.3 is 23.7 Å². The molecule has 0 aliphatic carbocycles. The fourth-order valence-corrected chi connectivity index (χ4v) is 4.09. The van der Waals surface area contributed by atoms with Crippen LogP contribution in [0, 0.1) is 13.8 Å². The Balaban J connectivity index is 1.65. The lowest BCUT2D eigenvalue weighted by molar-refractivity contribution is -0.143. The quantitative estimate of drug-likeness (QED) is 0.744. The standard InChI is InChI=1S/C21H32N2O5/c1-14-10-19(17(4)28-14)21(25)22(13-18-6-5-9-26-18)8-7-20(24)23-11-15(2)27-16(3)12-23/h10,15-16,18H,5-9,11-13H2,1-4H3/t15-,16+,18-/m0/s1. The van der Waals surface area contributed by atoms with E-state index < -0.39 is 0 Å². The predicted octanol–water partition coefficient (Wildman–Crippen LogP) is 2.54. The largest absolute Gasteiger partial charge is 0.466 e. The van der Waals surface area contributed by atoms with E-state index in [1.165, 1.54) is 0 Å². The summed E-state index contributed by atoms with van der Waals surface area (Å²) in [5, 5.41) is 0. The first-order valence-electron chi connectivity index (χ1n) is 10.2. The van der Waals surface area contributed by atoms with Crippen molar-refractivity contribution in [2.45, 2.75) is 65.3 Å². The molecular weight excluding hydrogens is 360 g/mol. The molecule has 2 aliphatic rings. The summed E-state index contributed by atoms with van der Waals surface area (Å²) in [6.45, 7) is 10.4. The van der Waals surface area contributed by atoms with Gasteiger partial charge >= 0.3 is 0 Å². The van der Waals surface area contributed by atoms with Crippen molar-refractivity contribution in [2.75, 3.05) is 32.8 Å². The summed E-state index contributed by atoms with van der Waals surface area (Å²) in [7, 11) is 0. The second-order valence-electron chi connectivity index (χ2n) is 8.02. The minimum absolute atomic E-state index is 0.0360. The number of hydrogen-bond donors (Lipinski definition) is 0. The molecule has 1 aromatic heterocycles. The van der Waals surface area contributed by atoms with Gasteiger partial charge in [0.25, 0.3) is 5.91 Å². The van der Waals surface area contributed by atoms with Crippen molar-refractivity contribution in [3.63, 3.8) is 0 Å². The molecular formula is C21H32N2O5. The summed E-state index contributed by atoms with van der Waals surface area (Å²) < 4.78 is 17.0. The van der Waals surface area contributed by atoms with Crippen LogP contribution >= 0.6 is 0 Å².